The van der Waals surface area contributed by atoms with Crippen LogP contribution in [0.2, 0.25) is 0 Å². The summed E-state index contributed by atoms with van der Waals surface area (Å²) in [4.78, 5) is 7.93. The fourth-order valence-corrected chi connectivity index (χ4v) is 0.984. The molecular weight excluding hydrogens is 140 g/mol. The number of rotatable bonds is 2. The number of nitrogens with zero attached hydrogens (tertiary/aromatic N) is 2. The van der Waals surface area contributed by atoms with Crippen molar-refractivity contribution in [3.63, 3.8) is 0 Å². The largest absolute Gasteiger partial charge is 0.460 e. The van der Waals surface area contributed by atoms with Crippen LogP contribution in [0.15, 0.2) is 18.5 Å². The summed E-state index contributed by atoms with van der Waals surface area (Å²) >= 11 is 0. The van der Waals surface area contributed by atoms with Crippen LogP contribution in [0.25, 0.3) is 0 Å². The van der Waals surface area contributed by atoms with E-state index in [4.69, 9.17) is 4.74 Å². The maximum Gasteiger partial charge on any atom is 0.316 e. The van der Waals surface area contributed by atoms with Crippen molar-refractivity contribution in [3.8, 4) is 6.01 Å². The summed E-state index contributed by atoms with van der Waals surface area (Å²) < 4.78 is 5.43. The third kappa shape index (κ3) is 1.48. The van der Waals surface area contributed by atoms with Crippen LogP contribution in [0, 0.1) is 0 Å². The lowest BCUT2D eigenvalue weighted by Crippen LogP contribution is -2.25. The highest BCUT2D eigenvalue weighted by Gasteiger charge is 2.19. The summed E-state index contributed by atoms with van der Waals surface area (Å²) in [5.41, 5.74) is 0. The molecule has 1 aromatic heterocycles. The van der Waals surface area contributed by atoms with Gasteiger partial charge in [0.1, 0.15) is 6.10 Å². The van der Waals surface area contributed by atoms with Crippen molar-refractivity contribution in [3.05, 3.63) is 18.5 Å². The van der Waals surface area contributed by atoms with Crippen LogP contribution in [0.4, 0.5) is 0 Å². The molecule has 0 saturated heterocycles. The zero-order valence-electron chi connectivity index (χ0n) is 6.23. The summed E-state index contributed by atoms with van der Waals surface area (Å²) in [7, 11) is 0. The average Bonchev–Trinajstić information content (AvgIpc) is 1.99. The van der Waals surface area contributed by atoms with E-state index in [9.17, 15) is 0 Å². The third-order valence-electron chi connectivity index (χ3n) is 1.87. The second-order valence-electron chi connectivity index (χ2n) is 2.70. The first-order chi connectivity index (χ1) is 5.45. The minimum Gasteiger partial charge on any atom is -0.460 e. The first-order valence-electron chi connectivity index (χ1n) is 3.89. The van der Waals surface area contributed by atoms with Gasteiger partial charge in [0, 0.05) is 12.4 Å². The van der Waals surface area contributed by atoms with Crippen molar-refractivity contribution in [1.82, 2.24) is 9.97 Å². The second-order valence-corrected chi connectivity index (χ2v) is 2.70. The van der Waals surface area contributed by atoms with Crippen molar-refractivity contribution in [2.45, 2.75) is 25.4 Å². The van der Waals surface area contributed by atoms with Gasteiger partial charge in [-0.1, -0.05) is 0 Å². The van der Waals surface area contributed by atoms with Crippen LogP contribution >= 0.6 is 0 Å². The van der Waals surface area contributed by atoms with E-state index in [-0.39, 0.29) is 0 Å². The van der Waals surface area contributed by atoms with Crippen molar-refractivity contribution in [1.29, 1.82) is 0 Å². The van der Waals surface area contributed by atoms with Gasteiger partial charge in [-0.15, -0.1) is 0 Å². The third-order valence-corrected chi connectivity index (χ3v) is 1.87. The van der Waals surface area contributed by atoms with E-state index in [0.29, 0.717) is 12.1 Å². The number of ether oxygens (including phenoxy) is 1. The summed E-state index contributed by atoms with van der Waals surface area (Å²) in [6.07, 6.45) is 7.34. The highest BCUT2D eigenvalue weighted by molar-refractivity contribution is 4.95. The van der Waals surface area contributed by atoms with Gasteiger partial charge in [0.05, 0.1) is 0 Å². The van der Waals surface area contributed by atoms with Gasteiger partial charge in [-0.2, -0.15) is 0 Å². The first kappa shape index (κ1) is 6.58. The molecule has 1 heterocycles. The molecule has 3 nitrogen and oxygen atoms in total. The lowest BCUT2D eigenvalue weighted by atomic mass is 9.96. The molecule has 0 aliphatic heterocycles. The van der Waals surface area contributed by atoms with Crippen LogP contribution in [0.3, 0.4) is 0 Å². The van der Waals surface area contributed by atoms with Gasteiger partial charge in [0.15, 0.2) is 0 Å². The SMILES string of the molecule is c1cnc(OC2CCC2)nc1. The normalized spacial score (nSPS) is 17.5. The molecule has 0 spiro atoms. The molecule has 0 radical (unpaired) electrons. The maximum absolute atomic E-state index is 5.43. The molecule has 0 aromatic carbocycles. The summed E-state index contributed by atoms with van der Waals surface area (Å²) in [5.74, 6) is 0. The minimum atomic E-state index is 0.373. The summed E-state index contributed by atoms with van der Waals surface area (Å²) in [5, 5.41) is 0. The Labute approximate surface area is 65.4 Å². The molecule has 2 rings (SSSR count). The lowest BCUT2D eigenvalue weighted by Gasteiger charge is -2.24. The molecule has 0 unspecified atom stereocenters. The Bertz CT molecular complexity index is 221. The molecule has 1 fully saturated rings. The number of aromatic nitrogens is 2. The Balaban J connectivity index is 1.95. The zero-order chi connectivity index (χ0) is 7.52. The van der Waals surface area contributed by atoms with E-state index >= 15 is 0 Å². The smallest absolute Gasteiger partial charge is 0.316 e. The Hall–Kier alpha value is -1.12. The Morgan fingerprint density at radius 2 is 2.00 bits per heavy atom. The van der Waals surface area contributed by atoms with Crippen molar-refractivity contribution >= 4 is 0 Å². The molecule has 1 aliphatic carbocycles. The summed E-state index contributed by atoms with van der Waals surface area (Å²) in [6, 6.07) is 2.30. The number of hydrogen-bond acceptors (Lipinski definition) is 3. The second kappa shape index (κ2) is 2.86. The van der Waals surface area contributed by atoms with Crippen LogP contribution in [0.5, 0.6) is 6.01 Å². The number of hydrogen-bond donors (Lipinski definition) is 0. The maximum atomic E-state index is 5.43. The van der Waals surface area contributed by atoms with E-state index < -0.39 is 0 Å². The Morgan fingerprint density at radius 3 is 2.55 bits per heavy atom. The lowest BCUT2D eigenvalue weighted by molar-refractivity contribution is 0.108. The molecular formula is C8H10N2O. The van der Waals surface area contributed by atoms with E-state index in [1.165, 1.54) is 6.42 Å². The fourth-order valence-electron chi connectivity index (χ4n) is 0.984. The molecule has 1 aromatic rings. The van der Waals surface area contributed by atoms with Crippen molar-refractivity contribution in [2.24, 2.45) is 0 Å². The van der Waals surface area contributed by atoms with Crippen molar-refractivity contribution in [2.75, 3.05) is 0 Å². The Kier molecular flexibility index (Phi) is 1.71. The highest BCUT2D eigenvalue weighted by Crippen LogP contribution is 2.22. The van der Waals surface area contributed by atoms with Crippen LogP contribution in [-0.2, 0) is 0 Å². The predicted octanol–water partition coefficient (Wildman–Crippen LogP) is 1.41. The molecule has 0 atom stereocenters. The van der Waals surface area contributed by atoms with Crippen molar-refractivity contribution < 1.29 is 4.74 Å². The first-order valence-corrected chi connectivity index (χ1v) is 3.89. The standard InChI is InChI=1S/C8H10N2O/c1-3-7(4-1)11-8-9-5-2-6-10-8/h2,5-7H,1,3-4H2. The van der Waals surface area contributed by atoms with Gasteiger partial charge in [-0.05, 0) is 25.3 Å². The molecule has 0 bridgehead atoms. The molecule has 11 heavy (non-hydrogen) atoms. The van der Waals surface area contributed by atoms with Gasteiger partial charge in [0.25, 0.3) is 0 Å². The van der Waals surface area contributed by atoms with Gasteiger partial charge in [-0.25, -0.2) is 9.97 Å². The van der Waals surface area contributed by atoms with E-state index in [2.05, 4.69) is 9.97 Å². The summed E-state index contributed by atoms with van der Waals surface area (Å²) in [6.45, 7) is 0. The van der Waals surface area contributed by atoms with Gasteiger partial charge in [-0.3, -0.25) is 0 Å². The predicted molar refractivity (Wildman–Crippen MR) is 40.3 cm³/mol. The van der Waals surface area contributed by atoms with Gasteiger partial charge < -0.3 is 4.74 Å². The minimum absolute atomic E-state index is 0.373. The average molecular weight is 150 g/mol. The van der Waals surface area contributed by atoms with Crippen LogP contribution in [0.1, 0.15) is 19.3 Å². The van der Waals surface area contributed by atoms with E-state index in [0.717, 1.165) is 12.8 Å². The quantitative estimate of drug-likeness (QED) is 0.639. The Morgan fingerprint density at radius 1 is 1.27 bits per heavy atom. The fraction of sp³-hybridized carbons (Fsp3) is 0.500. The molecule has 1 aliphatic rings. The zero-order valence-corrected chi connectivity index (χ0v) is 6.23. The molecule has 0 N–H and O–H groups in total. The molecule has 1 saturated carbocycles. The molecule has 3 heteroatoms. The van der Waals surface area contributed by atoms with Crippen LogP contribution in [-0.4, -0.2) is 16.1 Å². The topological polar surface area (TPSA) is 35.0 Å². The van der Waals surface area contributed by atoms with Gasteiger partial charge in [0.2, 0.25) is 0 Å². The molecule has 58 valence electrons. The van der Waals surface area contributed by atoms with E-state index in [1.54, 1.807) is 18.5 Å². The monoisotopic (exact) mass is 150 g/mol. The molecule has 0 amide bonds. The highest BCUT2D eigenvalue weighted by atomic mass is 16.5. The van der Waals surface area contributed by atoms with E-state index in [1.807, 2.05) is 0 Å². The van der Waals surface area contributed by atoms with Crippen LogP contribution < -0.4 is 4.74 Å². The van der Waals surface area contributed by atoms with Gasteiger partial charge >= 0.3 is 6.01 Å².